The number of nitrogens with one attached hydrogen (secondary N) is 1. The number of carbonyl (C=O) groups excluding carboxylic acids is 1. The molecule has 0 unspecified atom stereocenters. The van der Waals surface area contributed by atoms with E-state index in [2.05, 4.69) is 15.3 Å². The third-order valence-corrected chi connectivity index (χ3v) is 3.81. The Kier molecular flexibility index (Phi) is 5.08. The van der Waals surface area contributed by atoms with Gasteiger partial charge >= 0.3 is 6.03 Å². The molecule has 0 saturated carbocycles. The van der Waals surface area contributed by atoms with Crippen LogP contribution >= 0.6 is 0 Å². The molecule has 2 aromatic heterocycles. The van der Waals surface area contributed by atoms with Gasteiger partial charge in [-0.1, -0.05) is 0 Å². The molecule has 1 aliphatic rings. The van der Waals surface area contributed by atoms with E-state index in [0.717, 1.165) is 31.7 Å². The van der Waals surface area contributed by atoms with Crippen LogP contribution < -0.4 is 10.1 Å². The van der Waals surface area contributed by atoms with Gasteiger partial charge in [-0.25, -0.2) is 9.78 Å². The van der Waals surface area contributed by atoms with Gasteiger partial charge in [-0.3, -0.25) is 4.98 Å². The van der Waals surface area contributed by atoms with E-state index in [-0.39, 0.29) is 12.1 Å². The lowest BCUT2D eigenvalue weighted by atomic mass is 10.3. The fourth-order valence-electron chi connectivity index (χ4n) is 2.61. The van der Waals surface area contributed by atoms with Gasteiger partial charge in [0, 0.05) is 50.8 Å². The highest BCUT2D eigenvalue weighted by Gasteiger charge is 2.27. The molecule has 2 amide bonds. The van der Waals surface area contributed by atoms with Crippen molar-refractivity contribution in [2.45, 2.75) is 25.5 Å². The molecular formula is C16H21N5O2. The van der Waals surface area contributed by atoms with Crippen molar-refractivity contribution in [1.29, 1.82) is 0 Å². The Bertz CT molecular complexity index is 602. The van der Waals surface area contributed by atoms with Crippen molar-refractivity contribution in [3.63, 3.8) is 0 Å². The highest BCUT2D eigenvalue weighted by molar-refractivity contribution is 5.74. The van der Waals surface area contributed by atoms with Crippen LogP contribution in [0.5, 0.6) is 5.75 Å². The monoisotopic (exact) mass is 315 g/mol. The maximum Gasteiger partial charge on any atom is 0.317 e. The average molecular weight is 315 g/mol. The van der Waals surface area contributed by atoms with Gasteiger partial charge in [-0.15, -0.1) is 0 Å². The minimum Gasteiger partial charge on any atom is -0.488 e. The summed E-state index contributed by atoms with van der Waals surface area (Å²) in [5.41, 5.74) is 0. The van der Waals surface area contributed by atoms with Crippen molar-refractivity contribution in [3.05, 3.63) is 43.2 Å². The summed E-state index contributed by atoms with van der Waals surface area (Å²) in [4.78, 5) is 21.9. The Morgan fingerprint density at radius 1 is 1.30 bits per heavy atom. The number of hydrogen-bond acceptors (Lipinski definition) is 4. The fraction of sp³-hybridized carbons (Fsp3) is 0.438. The minimum absolute atomic E-state index is 0.0172. The SMILES string of the molecule is O=C(NCCCn1ccnc1)N1CC[C@@H](Oc2ccncc2)C1. The Hall–Kier alpha value is -2.57. The second-order valence-electron chi connectivity index (χ2n) is 5.54. The molecule has 23 heavy (non-hydrogen) atoms. The Labute approximate surface area is 135 Å². The van der Waals surface area contributed by atoms with Gasteiger partial charge in [0.25, 0.3) is 0 Å². The second-order valence-corrected chi connectivity index (χ2v) is 5.54. The molecule has 7 heteroatoms. The number of hydrogen-bond donors (Lipinski definition) is 1. The van der Waals surface area contributed by atoms with E-state index in [1.165, 1.54) is 0 Å². The van der Waals surface area contributed by atoms with Gasteiger partial charge in [0.15, 0.2) is 0 Å². The Balaban J connectivity index is 1.35. The summed E-state index contributed by atoms with van der Waals surface area (Å²) < 4.78 is 7.86. The van der Waals surface area contributed by atoms with Gasteiger partial charge in [0.1, 0.15) is 11.9 Å². The molecule has 1 aliphatic heterocycles. The van der Waals surface area contributed by atoms with Crippen LogP contribution in [0.2, 0.25) is 0 Å². The lowest BCUT2D eigenvalue weighted by Crippen LogP contribution is -2.40. The predicted octanol–water partition coefficient (Wildman–Crippen LogP) is 1.53. The number of aryl methyl sites for hydroxylation is 1. The van der Waals surface area contributed by atoms with Crippen LogP contribution in [0.15, 0.2) is 43.2 Å². The third-order valence-electron chi connectivity index (χ3n) is 3.81. The van der Waals surface area contributed by atoms with E-state index in [1.54, 1.807) is 24.9 Å². The largest absolute Gasteiger partial charge is 0.488 e. The van der Waals surface area contributed by atoms with E-state index in [1.807, 2.05) is 27.8 Å². The number of amides is 2. The summed E-state index contributed by atoms with van der Waals surface area (Å²) in [6.45, 7) is 2.86. The lowest BCUT2D eigenvalue weighted by Gasteiger charge is -2.18. The Morgan fingerprint density at radius 2 is 2.17 bits per heavy atom. The number of ether oxygens (including phenoxy) is 1. The van der Waals surface area contributed by atoms with Crippen molar-refractivity contribution in [3.8, 4) is 5.75 Å². The molecule has 1 N–H and O–H groups in total. The molecular weight excluding hydrogens is 294 g/mol. The quantitative estimate of drug-likeness (QED) is 0.821. The first-order valence-corrected chi connectivity index (χ1v) is 7.86. The van der Waals surface area contributed by atoms with Crippen LogP contribution in [-0.4, -0.2) is 51.2 Å². The number of likely N-dealkylation sites (tertiary alicyclic amines) is 1. The van der Waals surface area contributed by atoms with Crippen molar-refractivity contribution < 1.29 is 9.53 Å². The number of carbonyl (C=O) groups is 1. The Morgan fingerprint density at radius 3 is 2.96 bits per heavy atom. The average Bonchev–Trinajstić information content (AvgIpc) is 3.24. The summed E-state index contributed by atoms with van der Waals surface area (Å²) in [7, 11) is 0. The lowest BCUT2D eigenvalue weighted by molar-refractivity contribution is 0.186. The molecule has 2 aromatic rings. The zero-order chi connectivity index (χ0) is 15.9. The number of aromatic nitrogens is 3. The van der Waals surface area contributed by atoms with Crippen molar-refractivity contribution in [1.82, 2.24) is 24.8 Å². The molecule has 122 valence electrons. The molecule has 1 atom stereocenters. The normalized spacial score (nSPS) is 17.2. The smallest absolute Gasteiger partial charge is 0.317 e. The molecule has 0 aromatic carbocycles. The standard InChI is InChI=1S/C16H21N5O2/c22-16(19-5-1-9-20-11-8-18-13-20)21-10-4-15(12-21)23-14-2-6-17-7-3-14/h2-3,6-8,11,13,15H,1,4-5,9-10,12H2,(H,19,22)/t15-/m1/s1. The molecule has 0 radical (unpaired) electrons. The van der Waals surface area contributed by atoms with Crippen LogP contribution in [0, 0.1) is 0 Å². The van der Waals surface area contributed by atoms with E-state index in [9.17, 15) is 4.79 Å². The van der Waals surface area contributed by atoms with Crippen LogP contribution in [0.3, 0.4) is 0 Å². The van der Waals surface area contributed by atoms with Crippen molar-refractivity contribution >= 4 is 6.03 Å². The first-order valence-electron chi connectivity index (χ1n) is 7.86. The first-order chi connectivity index (χ1) is 11.3. The highest BCUT2D eigenvalue weighted by Crippen LogP contribution is 2.17. The van der Waals surface area contributed by atoms with E-state index < -0.39 is 0 Å². The van der Waals surface area contributed by atoms with Crippen LogP contribution in [0.1, 0.15) is 12.8 Å². The molecule has 0 spiro atoms. The second kappa shape index (κ2) is 7.62. The van der Waals surface area contributed by atoms with Gasteiger partial charge < -0.3 is 19.5 Å². The number of imidazole rings is 1. The van der Waals surface area contributed by atoms with Crippen LogP contribution in [-0.2, 0) is 6.54 Å². The molecule has 0 bridgehead atoms. The summed E-state index contributed by atoms with van der Waals surface area (Å²) in [5, 5.41) is 2.96. The predicted molar refractivity (Wildman–Crippen MR) is 85.1 cm³/mol. The fourth-order valence-corrected chi connectivity index (χ4v) is 2.61. The van der Waals surface area contributed by atoms with Crippen molar-refractivity contribution in [2.75, 3.05) is 19.6 Å². The molecule has 7 nitrogen and oxygen atoms in total. The molecule has 1 fully saturated rings. The summed E-state index contributed by atoms with van der Waals surface area (Å²) in [5.74, 6) is 0.799. The summed E-state index contributed by atoms with van der Waals surface area (Å²) >= 11 is 0. The topological polar surface area (TPSA) is 72.3 Å². The molecule has 3 heterocycles. The van der Waals surface area contributed by atoms with Crippen molar-refractivity contribution in [2.24, 2.45) is 0 Å². The zero-order valence-electron chi connectivity index (χ0n) is 13.0. The molecule has 1 saturated heterocycles. The first kappa shape index (κ1) is 15.3. The molecule has 3 rings (SSSR count). The maximum absolute atomic E-state index is 12.1. The zero-order valence-corrected chi connectivity index (χ0v) is 13.0. The van der Waals surface area contributed by atoms with E-state index in [4.69, 9.17) is 4.74 Å². The molecule has 0 aliphatic carbocycles. The summed E-state index contributed by atoms with van der Waals surface area (Å²) in [6.07, 6.45) is 10.6. The summed E-state index contributed by atoms with van der Waals surface area (Å²) in [6, 6.07) is 3.65. The highest BCUT2D eigenvalue weighted by atomic mass is 16.5. The minimum atomic E-state index is -0.0172. The maximum atomic E-state index is 12.1. The van der Waals surface area contributed by atoms with Crippen LogP contribution in [0.25, 0.3) is 0 Å². The van der Waals surface area contributed by atoms with Gasteiger partial charge in [-0.05, 0) is 18.6 Å². The van der Waals surface area contributed by atoms with E-state index >= 15 is 0 Å². The van der Waals surface area contributed by atoms with Gasteiger partial charge in [0.05, 0.1) is 12.9 Å². The number of nitrogens with zero attached hydrogens (tertiary/aromatic N) is 4. The van der Waals surface area contributed by atoms with Crippen LogP contribution in [0.4, 0.5) is 4.79 Å². The third kappa shape index (κ3) is 4.45. The number of pyridine rings is 1. The number of urea groups is 1. The van der Waals surface area contributed by atoms with E-state index in [0.29, 0.717) is 13.1 Å². The van der Waals surface area contributed by atoms with Gasteiger partial charge in [0.2, 0.25) is 0 Å². The number of rotatable bonds is 6. The van der Waals surface area contributed by atoms with Gasteiger partial charge in [-0.2, -0.15) is 0 Å².